The van der Waals surface area contributed by atoms with Gasteiger partial charge in [-0.25, -0.2) is 0 Å². The van der Waals surface area contributed by atoms with Gasteiger partial charge in [-0.3, -0.25) is 4.55 Å². The summed E-state index contributed by atoms with van der Waals surface area (Å²) < 4.78 is 39.3. The Morgan fingerprint density at radius 2 is 1.68 bits per heavy atom. The van der Waals surface area contributed by atoms with Crippen molar-refractivity contribution in [1.82, 2.24) is 0 Å². The second-order valence-corrected chi connectivity index (χ2v) is 7.17. The van der Waals surface area contributed by atoms with E-state index in [2.05, 4.69) is 0 Å². The van der Waals surface area contributed by atoms with E-state index >= 15 is 0 Å². The van der Waals surface area contributed by atoms with Gasteiger partial charge in [-0.2, -0.15) is 8.42 Å². The number of aliphatic hydroxyl groups is 1. The second-order valence-electron chi connectivity index (χ2n) is 5.61. The van der Waals surface area contributed by atoms with Gasteiger partial charge in [0.15, 0.2) is 11.5 Å². The fraction of sp³-hybridized carbons (Fsp3) is 0.200. The minimum Gasteiger partial charge on any atom is -0.508 e. The highest BCUT2D eigenvalue weighted by atomic mass is 32.2. The average molecular weight is 370 g/mol. The molecule has 0 amide bonds. The van der Waals surface area contributed by atoms with Crippen LogP contribution in [-0.4, -0.2) is 44.6 Å². The Morgan fingerprint density at radius 3 is 2.28 bits per heavy atom. The van der Waals surface area contributed by atoms with Crippen LogP contribution in [0.3, 0.4) is 0 Å². The first kappa shape index (κ1) is 17.1. The van der Waals surface area contributed by atoms with Crippen molar-refractivity contribution in [3.05, 3.63) is 41.5 Å². The zero-order valence-electron chi connectivity index (χ0n) is 12.5. The number of hydrogen-bond acceptors (Lipinski definition) is 8. The molecule has 0 saturated heterocycles. The summed E-state index contributed by atoms with van der Waals surface area (Å²) in [5, 5.41) is 48.9. The van der Waals surface area contributed by atoms with Crippen molar-refractivity contribution in [2.24, 2.45) is 0 Å². The van der Waals surface area contributed by atoms with Crippen LogP contribution in [0.2, 0.25) is 0 Å². The molecule has 25 heavy (non-hydrogen) atoms. The molecule has 2 aromatic carbocycles. The van der Waals surface area contributed by atoms with Gasteiger partial charge in [0.05, 0.1) is 0 Å². The molecule has 1 heterocycles. The molecule has 3 rings (SSSR count). The minimum atomic E-state index is -5.12. The smallest absolute Gasteiger partial charge is 0.313 e. The first-order valence-electron chi connectivity index (χ1n) is 6.97. The van der Waals surface area contributed by atoms with Crippen molar-refractivity contribution >= 4 is 10.1 Å². The van der Waals surface area contributed by atoms with Crippen molar-refractivity contribution in [2.45, 2.75) is 17.5 Å². The molecule has 1 aliphatic heterocycles. The number of phenolic OH excluding ortho intramolecular Hbond substituents is 4. The number of aromatic hydroxyl groups is 4. The van der Waals surface area contributed by atoms with E-state index < -0.39 is 50.6 Å². The van der Waals surface area contributed by atoms with Crippen LogP contribution in [0.15, 0.2) is 30.3 Å². The summed E-state index contributed by atoms with van der Waals surface area (Å²) in [5.74, 6) is -2.36. The summed E-state index contributed by atoms with van der Waals surface area (Å²) >= 11 is 0. The zero-order valence-corrected chi connectivity index (χ0v) is 13.3. The molecule has 9 nitrogen and oxygen atoms in total. The number of phenols is 4. The van der Waals surface area contributed by atoms with Crippen LogP contribution in [0.4, 0.5) is 0 Å². The van der Waals surface area contributed by atoms with Crippen molar-refractivity contribution in [3.8, 4) is 28.7 Å². The third-order valence-electron chi connectivity index (χ3n) is 4.03. The lowest BCUT2D eigenvalue weighted by molar-refractivity contribution is -0.0189. The monoisotopic (exact) mass is 370 g/mol. The van der Waals surface area contributed by atoms with Gasteiger partial charge in [0.25, 0.3) is 4.93 Å². The van der Waals surface area contributed by atoms with Crippen molar-refractivity contribution in [1.29, 1.82) is 0 Å². The minimum absolute atomic E-state index is 0.0348. The molecule has 0 unspecified atom stereocenters. The lowest BCUT2D eigenvalue weighted by Gasteiger charge is -2.40. The molecule has 0 aliphatic carbocycles. The van der Waals surface area contributed by atoms with E-state index in [1.807, 2.05) is 0 Å². The fourth-order valence-electron chi connectivity index (χ4n) is 2.84. The number of fused-ring (bicyclic) bond motifs is 1. The van der Waals surface area contributed by atoms with Gasteiger partial charge < -0.3 is 30.3 Å². The Hall–Kier alpha value is -2.69. The molecule has 10 heteroatoms. The van der Waals surface area contributed by atoms with E-state index in [1.165, 1.54) is 0 Å². The van der Waals surface area contributed by atoms with Gasteiger partial charge in [0.1, 0.15) is 23.4 Å². The molecule has 2 aromatic rings. The maximum Gasteiger partial charge on any atom is 0.313 e. The fourth-order valence-corrected chi connectivity index (χ4v) is 3.88. The molecule has 134 valence electrons. The summed E-state index contributed by atoms with van der Waals surface area (Å²) in [6, 6.07) is 4.83. The standard InChI is InChI=1S/C15H14O9S/c16-8-4-11(18)9-6-14(20)15(25(21,22)23,24-13(9)5-8)7-1-2-10(17)12(19)3-7/h1-5,14,16-20H,6H2,(H,21,22,23)/t14-,15+/m0/s1. The van der Waals surface area contributed by atoms with Crippen LogP contribution in [0.1, 0.15) is 11.1 Å². The third-order valence-corrected chi connectivity index (χ3v) is 5.39. The van der Waals surface area contributed by atoms with Crippen LogP contribution in [0.5, 0.6) is 28.7 Å². The van der Waals surface area contributed by atoms with Gasteiger partial charge in [0.2, 0.25) is 0 Å². The first-order valence-corrected chi connectivity index (χ1v) is 8.41. The summed E-state index contributed by atoms with van der Waals surface area (Å²) in [5.41, 5.74) is -0.321. The molecule has 6 N–H and O–H groups in total. The highest BCUT2D eigenvalue weighted by Crippen LogP contribution is 2.48. The Balaban J connectivity index is 2.28. The Morgan fingerprint density at radius 1 is 1.00 bits per heavy atom. The lowest BCUT2D eigenvalue weighted by Crippen LogP contribution is -2.54. The molecular formula is C15H14O9S. The number of ether oxygens (including phenoxy) is 1. The van der Waals surface area contributed by atoms with Crippen molar-refractivity contribution < 1.29 is 43.2 Å². The van der Waals surface area contributed by atoms with Crippen LogP contribution >= 0.6 is 0 Å². The maximum atomic E-state index is 12.1. The second kappa shape index (κ2) is 5.41. The molecule has 0 bridgehead atoms. The van der Waals surface area contributed by atoms with E-state index in [9.17, 15) is 38.5 Å². The SMILES string of the molecule is O=S(=O)(O)[C@@]1(c2ccc(O)c(O)c2)Oc2cc(O)cc(O)c2C[C@@H]1O. The van der Waals surface area contributed by atoms with E-state index in [0.29, 0.717) is 0 Å². The van der Waals surface area contributed by atoms with Crippen molar-refractivity contribution in [2.75, 3.05) is 0 Å². The molecule has 2 atom stereocenters. The lowest BCUT2D eigenvalue weighted by atomic mass is 9.93. The average Bonchev–Trinajstić information content (AvgIpc) is 2.49. The predicted molar refractivity (Wildman–Crippen MR) is 83.1 cm³/mol. The highest BCUT2D eigenvalue weighted by molar-refractivity contribution is 7.86. The van der Waals surface area contributed by atoms with Crippen LogP contribution < -0.4 is 4.74 Å². The van der Waals surface area contributed by atoms with Crippen molar-refractivity contribution in [3.63, 3.8) is 0 Å². The first-order chi connectivity index (χ1) is 11.6. The highest BCUT2D eigenvalue weighted by Gasteiger charge is 2.57. The molecule has 0 saturated carbocycles. The Kier molecular flexibility index (Phi) is 3.71. The van der Waals surface area contributed by atoms with Crippen LogP contribution in [-0.2, 0) is 21.5 Å². The Bertz CT molecular complexity index is 954. The largest absolute Gasteiger partial charge is 0.508 e. The van der Waals surface area contributed by atoms with E-state index in [-0.39, 0.29) is 16.9 Å². The summed E-state index contributed by atoms with van der Waals surface area (Å²) in [6.07, 6.45) is -2.29. The quantitative estimate of drug-likeness (QED) is 0.327. The number of hydrogen-bond donors (Lipinski definition) is 6. The normalized spacial score (nSPS) is 22.9. The van der Waals surface area contributed by atoms with Gasteiger partial charge in [-0.1, -0.05) is 0 Å². The van der Waals surface area contributed by atoms with Gasteiger partial charge in [-0.05, 0) is 18.2 Å². The summed E-state index contributed by atoms with van der Waals surface area (Å²) in [6.45, 7) is 0. The van der Waals surface area contributed by atoms with E-state index in [0.717, 1.165) is 30.3 Å². The number of rotatable bonds is 2. The molecule has 0 fully saturated rings. The Labute approximate surface area is 141 Å². The van der Waals surface area contributed by atoms with Crippen LogP contribution in [0.25, 0.3) is 0 Å². The number of benzene rings is 2. The molecule has 0 radical (unpaired) electrons. The van der Waals surface area contributed by atoms with E-state index in [1.54, 1.807) is 0 Å². The topological polar surface area (TPSA) is 165 Å². The summed E-state index contributed by atoms with van der Waals surface area (Å²) in [7, 11) is -5.12. The molecule has 0 spiro atoms. The summed E-state index contributed by atoms with van der Waals surface area (Å²) in [4.78, 5) is -2.73. The third kappa shape index (κ3) is 2.51. The maximum absolute atomic E-state index is 12.1. The van der Waals surface area contributed by atoms with E-state index in [4.69, 9.17) is 4.74 Å². The van der Waals surface area contributed by atoms with Gasteiger partial charge >= 0.3 is 10.1 Å². The van der Waals surface area contributed by atoms with Crippen LogP contribution in [0, 0.1) is 0 Å². The van der Waals surface area contributed by atoms with Gasteiger partial charge in [-0.15, -0.1) is 0 Å². The molecular weight excluding hydrogens is 356 g/mol. The van der Waals surface area contributed by atoms with Gasteiger partial charge in [0, 0.05) is 29.7 Å². The molecule has 0 aromatic heterocycles. The molecule has 1 aliphatic rings. The predicted octanol–water partition coefficient (Wildman–Crippen LogP) is 0.546. The zero-order chi connectivity index (χ0) is 18.6. The number of aliphatic hydroxyl groups excluding tert-OH is 1.